The number of rotatable bonds is 5. The molecule has 1 aromatic heterocycles. The summed E-state index contributed by atoms with van der Waals surface area (Å²) in [6, 6.07) is 16.5. The van der Waals surface area contributed by atoms with Crippen LogP contribution in [0.1, 0.15) is 10.4 Å². The lowest BCUT2D eigenvalue weighted by atomic mass is 10.2. The van der Waals surface area contributed by atoms with E-state index < -0.39 is 5.97 Å². The standard InChI is InChI=1S/C19H17ClN4O2/c1-24(14-6-4-3-5-7-14)18-11-17(21-12-22-18)23-16-10-13(19(25)26-2)8-9-15(16)20/h3-12H,1-2H3,(H,21,22,23). The third-order valence-corrected chi connectivity index (χ3v) is 4.12. The zero-order valence-corrected chi connectivity index (χ0v) is 15.1. The summed E-state index contributed by atoms with van der Waals surface area (Å²) in [4.78, 5) is 22.2. The summed E-state index contributed by atoms with van der Waals surface area (Å²) in [6.45, 7) is 0. The second kappa shape index (κ2) is 7.84. The van der Waals surface area contributed by atoms with E-state index in [0.29, 0.717) is 27.9 Å². The number of nitrogens with zero attached hydrogens (tertiary/aromatic N) is 3. The minimum Gasteiger partial charge on any atom is -0.465 e. The minimum absolute atomic E-state index is 0.398. The van der Waals surface area contributed by atoms with Crippen molar-refractivity contribution >= 4 is 40.6 Å². The van der Waals surface area contributed by atoms with Crippen molar-refractivity contribution in [2.24, 2.45) is 0 Å². The molecule has 3 aromatic rings. The lowest BCUT2D eigenvalue weighted by Gasteiger charge is -2.18. The zero-order chi connectivity index (χ0) is 18.5. The molecule has 0 bridgehead atoms. The Morgan fingerprint density at radius 3 is 2.62 bits per heavy atom. The predicted molar refractivity (Wildman–Crippen MR) is 103 cm³/mol. The molecule has 0 aliphatic heterocycles. The Kier molecular flexibility index (Phi) is 5.34. The second-order valence-corrected chi connectivity index (χ2v) is 5.87. The van der Waals surface area contributed by atoms with Crippen LogP contribution >= 0.6 is 11.6 Å². The number of ether oxygens (including phenoxy) is 1. The maximum absolute atomic E-state index is 11.7. The molecule has 1 heterocycles. The summed E-state index contributed by atoms with van der Waals surface area (Å²) in [5.74, 6) is 0.840. The third kappa shape index (κ3) is 3.92. The van der Waals surface area contributed by atoms with Crippen molar-refractivity contribution in [3.8, 4) is 0 Å². The van der Waals surface area contributed by atoms with E-state index in [1.807, 2.05) is 42.3 Å². The molecule has 26 heavy (non-hydrogen) atoms. The monoisotopic (exact) mass is 368 g/mol. The summed E-state index contributed by atoms with van der Waals surface area (Å²) in [6.07, 6.45) is 1.47. The number of halogens is 1. The molecule has 2 aromatic carbocycles. The van der Waals surface area contributed by atoms with Gasteiger partial charge >= 0.3 is 5.97 Å². The fourth-order valence-electron chi connectivity index (χ4n) is 2.39. The Morgan fingerprint density at radius 2 is 1.88 bits per heavy atom. The first-order valence-corrected chi connectivity index (χ1v) is 8.22. The van der Waals surface area contributed by atoms with Gasteiger partial charge in [-0.05, 0) is 30.3 Å². The van der Waals surface area contributed by atoms with Crippen LogP contribution in [0.3, 0.4) is 0 Å². The summed E-state index contributed by atoms with van der Waals surface area (Å²) in [5.41, 5.74) is 1.96. The number of carbonyl (C=O) groups is 1. The SMILES string of the molecule is COC(=O)c1ccc(Cl)c(Nc2cc(N(C)c3ccccc3)ncn2)c1. The molecule has 0 unspecified atom stereocenters. The largest absolute Gasteiger partial charge is 0.465 e. The van der Waals surface area contributed by atoms with Gasteiger partial charge in [0.1, 0.15) is 18.0 Å². The van der Waals surface area contributed by atoms with Gasteiger partial charge < -0.3 is 15.0 Å². The smallest absolute Gasteiger partial charge is 0.337 e. The first-order valence-electron chi connectivity index (χ1n) is 7.84. The fraction of sp³-hybridized carbons (Fsp3) is 0.105. The number of nitrogens with one attached hydrogen (secondary N) is 1. The highest BCUT2D eigenvalue weighted by Gasteiger charge is 2.11. The number of esters is 1. The maximum atomic E-state index is 11.7. The van der Waals surface area contributed by atoms with Crippen LogP contribution in [0, 0.1) is 0 Å². The van der Waals surface area contributed by atoms with E-state index in [1.54, 1.807) is 24.3 Å². The van der Waals surface area contributed by atoms with Crippen molar-refractivity contribution in [3.63, 3.8) is 0 Å². The van der Waals surface area contributed by atoms with Crippen molar-refractivity contribution < 1.29 is 9.53 Å². The zero-order valence-electron chi connectivity index (χ0n) is 14.3. The molecule has 3 rings (SSSR count). The molecule has 0 aliphatic carbocycles. The molecule has 6 nitrogen and oxygen atoms in total. The van der Waals surface area contributed by atoms with E-state index in [1.165, 1.54) is 13.4 Å². The molecule has 132 valence electrons. The number of para-hydroxylation sites is 1. The topological polar surface area (TPSA) is 67.3 Å². The van der Waals surface area contributed by atoms with Crippen molar-refractivity contribution in [1.29, 1.82) is 0 Å². The lowest BCUT2D eigenvalue weighted by Crippen LogP contribution is -2.11. The van der Waals surface area contributed by atoms with Crippen molar-refractivity contribution in [3.05, 3.63) is 71.5 Å². The number of hydrogen-bond acceptors (Lipinski definition) is 6. The van der Waals surface area contributed by atoms with Gasteiger partial charge in [0, 0.05) is 18.8 Å². The van der Waals surface area contributed by atoms with Gasteiger partial charge in [0.2, 0.25) is 0 Å². The number of anilines is 4. The number of carbonyl (C=O) groups excluding carboxylic acids is 1. The van der Waals surface area contributed by atoms with E-state index in [2.05, 4.69) is 15.3 Å². The van der Waals surface area contributed by atoms with Crippen LogP contribution in [0.2, 0.25) is 5.02 Å². The normalized spacial score (nSPS) is 10.3. The number of benzene rings is 2. The van der Waals surface area contributed by atoms with Crippen LogP contribution in [0.15, 0.2) is 60.9 Å². The molecule has 0 amide bonds. The van der Waals surface area contributed by atoms with Gasteiger partial charge in [-0.1, -0.05) is 29.8 Å². The fourth-order valence-corrected chi connectivity index (χ4v) is 2.55. The Hall–Kier alpha value is -3.12. The van der Waals surface area contributed by atoms with Crippen LogP contribution in [-0.4, -0.2) is 30.1 Å². The molecule has 7 heteroatoms. The second-order valence-electron chi connectivity index (χ2n) is 5.47. The molecule has 0 saturated carbocycles. The van der Waals surface area contributed by atoms with Crippen LogP contribution in [0.5, 0.6) is 0 Å². The quantitative estimate of drug-likeness (QED) is 0.672. The Morgan fingerprint density at radius 1 is 1.12 bits per heavy atom. The molecular weight excluding hydrogens is 352 g/mol. The number of aromatic nitrogens is 2. The van der Waals surface area contributed by atoms with Gasteiger partial charge in [-0.25, -0.2) is 14.8 Å². The molecule has 0 atom stereocenters. The highest BCUT2D eigenvalue weighted by molar-refractivity contribution is 6.33. The summed E-state index contributed by atoms with van der Waals surface area (Å²) < 4.78 is 4.74. The molecule has 0 saturated heterocycles. The van der Waals surface area contributed by atoms with Crippen molar-refractivity contribution in [2.45, 2.75) is 0 Å². The molecule has 0 spiro atoms. The molecule has 1 N–H and O–H groups in total. The molecule has 0 radical (unpaired) electrons. The highest BCUT2D eigenvalue weighted by atomic mass is 35.5. The number of hydrogen-bond donors (Lipinski definition) is 1. The van der Waals surface area contributed by atoms with Gasteiger partial charge in [-0.2, -0.15) is 0 Å². The van der Waals surface area contributed by atoms with Crippen LogP contribution in [0.4, 0.5) is 23.0 Å². The lowest BCUT2D eigenvalue weighted by molar-refractivity contribution is 0.0601. The van der Waals surface area contributed by atoms with Crippen molar-refractivity contribution in [2.75, 3.05) is 24.4 Å². The Labute approximate surface area is 156 Å². The molecule has 0 aliphatic rings. The summed E-state index contributed by atoms with van der Waals surface area (Å²) >= 11 is 6.22. The van der Waals surface area contributed by atoms with Gasteiger partial charge in [0.25, 0.3) is 0 Å². The maximum Gasteiger partial charge on any atom is 0.337 e. The Balaban J connectivity index is 1.87. The molecule has 0 fully saturated rings. The summed E-state index contributed by atoms with van der Waals surface area (Å²) in [5, 5.41) is 3.59. The molecular formula is C19H17ClN4O2. The van der Waals surface area contributed by atoms with E-state index in [0.717, 1.165) is 5.69 Å². The van der Waals surface area contributed by atoms with Crippen LogP contribution < -0.4 is 10.2 Å². The summed E-state index contributed by atoms with van der Waals surface area (Å²) in [7, 11) is 3.26. The highest BCUT2D eigenvalue weighted by Crippen LogP contribution is 2.28. The van der Waals surface area contributed by atoms with E-state index in [-0.39, 0.29) is 0 Å². The minimum atomic E-state index is -0.433. The first kappa shape index (κ1) is 17.7. The predicted octanol–water partition coefficient (Wildman–Crippen LogP) is 4.43. The first-order chi connectivity index (χ1) is 12.6. The van der Waals surface area contributed by atoms with Gasteiger partial charge in [0.05, 0.1) is 23.4 Å². The van der Waals surface area contributed by atoms with E-state index >= 15 is 0 Å². The average Bonchev–Trinajstić information content (AvgIpc) is 2.69. The van der Waals surface area contributed by atoms with Crippen LogP contribution in [-0.2, 0) is 4.74 Å². The van der Waals surface area contributed by atoms with Gasteiger partial charge in [0.15, 0.2) is 0 Å². The van der Waals surface area contributed by atoms with E-state index in [9.17, 15) is 4.79 Å². The average molecular weight is 369 g/mol. The number of methoxy groups -OCH3 is 1. The van der Waals surface area contributed by atoms with Crippen molar-refractivity contribution in [1.82, 2.24) is 9.97 Å². The van der Waals surface area contributed by atoms with Gasteiger partial charge in [-0.3, -0.25) is 0 Å². The van der Waals surface area contributed by atoms with Gasteiger partial charge in [-0.15, -0.1) is 0 Å². The van der Waals surface area contributed by atoms with Crippen LogP contribution in [0.25, 0.3) is 0 Å². The third-order valence-electron chi connectivity index (χ3n) is 3.79. The van der Waals surface area contributed by atoms with E-state index in [4.69, 9.17) is 16.3 Å². The Bertz CT molecular complexity index is 918.